The standard InChI is InChI=1S/C14H14BrNO2S2/c1-2-18-13(17)7-11-9-20-14(16-11)19-8-10-5-3-4-6-12(10)15/h3-6,9H,2,7-8H2,1H3. The first-order valence-corrected chi connectivity index (χ1v) is 8.81. The molecule has 106 valence electrons. The Kier molecular flexibility index (Phi) is 6.06. The molecule has 0 saturated carbocycles. The number of nitrogens with zero attached hydrogens (tertiary/aromatic N) is 1. The smallest absolute Gasteiger partial charge is 0.311 e. The summed E-state index contributed by atoms with van der Waals surface area (Å²) in [5, 5.41) is 1.92. The maximum Gasteiger partial charge on any atom is 0.311 e. The molecule has 2 rings (SSSR count). The van der Waals surface area contributed by atoms with Crippen LogP contribution in [0.2, 0.25) is 0 Å². The van der Waals surface area contributed by atoms with Crippen molar-refractivity contribution in [1.82, 2.24) is 4.98 Å². The topological polar surface area (TPSA) is 39.2 Å². The zero-order valence-electron chi connectivity index (χ0n) is 11.0. The van der Waals surface area contributed by atoms with Crippen molar-refractivity contribution in [1.29, 1.82) is 0 Å². The van der Waals surface area contributed by atoms with E-state index < -0.39 is 0 Å². The first-order valence-electron chi connectivity index (χ1n) is 6.15. The monoisotopic (exact) mass is 371 g/mol. The summed E-state index contributed by atoms with van der Waals surface area (Å²) >= 11 is 6.77. The van der Waals surface area contributed by atoms with E-state index in [1.54, 1.807) is 30.0 Å². The highest BCUT2D eigenvalue weighted by atomic mass is 79.9. The largest absolute Gasteiger partial charge is 0.466 e. The second-order valence-corrected chi connectivity index (χ2v) is 6.90. The average molecular weight is 372 g/mol. The molecule has 0 unspecified atom stereocenters. The zero-order chi connectivity index (χ0) is 14.4. The maximum absolute atomic E-state index is 11.4. The second-order valence-electron chi connectivity index (χ2n) is 3.97. The molecule has 0 aliphatic heterocycles. The average Bonchev–Trinajstić information content (AvgIpc) is 2.85. The lowest BCUT2D eigenvalue weighted by atomic mass is 10.2. The molecule has 3 nitrogen and oxygen atoms in total. The second kappa shape index (κ2) is 7.81. The molecular formula is C14H14BrNO2S2. The van der Waals surface area contributed by atoms with Crippen LogP contribution >= 0.6 is 39.0 Å². The maximum atomic E-state index is 11.4. The van der Waals surface area contributed by atoms with E-state index in [1.165, 1.54) is 5.56 Å². The van der Waals surface area contributed by atoms with Gasteiger partial charge in [0.15, 0.2) is 0 Å². The van der Waals surface area contributed by atoms with Crippen molar-refractivity contribution in [3.63, 3.8) is 0 Å². The van der Waals surface area contributed by atoms with Crippen molar-refractivity contribution < 1.29 is 9.53 Å². The number of hydrogen-bond acceptors (Lipinski definition) is 5. The van der Waals surface area contributed by atoms with Crippen molar-refractivity contribution in [2.24, 2.45) is 0 Å². The van der Waals surface area contributed by atoms with Crippen LogP contribution < -0.4 is 0 Å². The third-order valence-electron chi connectivity index (χ3n) is 2.47. The number of carbonyl (C=O) groups excluding carboxylic acids is 1. The molecule has 0 fully saturated rings. The number of benzene rings is 1. The molecule has 0 bridgehead atoms. The van der Waals surface area contributed by atoms with E-state index in [4.69, 9.17) is 4.74 Å². The highest BCUT2D eigenvalue weighted by Gasteiger charge is 2.09. The summed E-state index contributed by atoms with van der Waals surface area (Å²) in [5.74, 6) is 0.633. The third-order valence-corrected chi connectivity index (χ3v) is 5.36. The Labute approximate surface area is 134 Å². The lowest BCUT2D eigenvalue weighted by Gasteiger charge is -2.01. The Morgan fingerprint density at radius 2 is 2.25 bits per heavy atom. The van der Waals surface area contributed by atoms with Crippen molar-refractivity contribution >= 4 is 45.0 Å². The Morgan fingerprint density at radius 1 is 1.45 bits per heavy atom. The van der Waals surface area contributed by atoms with Gasteiger partial charge in [0, 0.05) is 15.6 Å². The molecule has 0 radical (unpaired) electrons. The molecular weight excluding hydrogens is 358 g/mol. The van der Waals surface area contributed by atoms with E-state index in [9.17, 15) is 4.79 Å². The van der Waals surface area contributed by atoms with Crippen molar-refractivity contribution in [2.45, 2.75) is 23.4 Å². The van der Waals surface area contributed by atoms with Gasteiger partial charge in [0.2, 0.25) is 0 Å². The van der Waals surface area contributed by atoms with Gasteiger partial charge in [0.1, 0.15) is 4.34 Å². The fraction of sp³-hybridized carbons (Fsp3) is 0.286. The summed E-state index contributed by atoms with van der Waals surface area (Å²) in [6.45, 7) is 2.21. The van der Waals surface area contributed by atoms with Gasteiger partial charge >= 0.3 is 5.97 Å². The fourth-order valence-corrected chi connectivity index (χ4v) is 4.01. The van der Waals surface area contributed by atoms with Gasteiger partial charge in [0.25, 0.3) is 0 Å². The van der Waals surface area contributed by atoms with E-state index in [0.717, 1.165) is 20.3 Å². The molecule has 20 heavy (non-hydrogen) atoms. The van der Waals surface area contributed by atoms with Gasteiger partial charge in [0.05, 0.1) is 18.7 Å². The van der Waals surface area contributed by atoms with Gasteiger partial charge in [-0.1, -0.05) is 45.9 Å². The van der Waals surface area contributed by atoms with Crippen LogP contribution in [0.15, 0.2) is 38.5 Å². The molecule has 0 atom stereocenters. The number of esters is 1. The zero-order valence-corrected chi connectivity index (χ0v) is 14.2. The minimum Gasteiger partial charge on any atom is -0.466 e. The van der Waals surface area contributed by atoms with Crippen LogP contribution in [0.1, 0.15) is 18.2 Å². The van der Waals surface area contributed by atoms with Crippen molar-refractivity contribution in [2.75, 3.05) is 6.61 Å². The van der Waals surface area contributed by atoms with E-state index >= 15 is 0 Å². The summed E-state index contributed by atoms with van der Waals surface area (Å²) in [7, 11) is 0. The minimum atomic E-state index is -0.222. The quantitative estimate of drug-likeness (QED) is 0.560. The predicted molar refractivity (Wildman–Crippen MR) is 86.2 cm³/mol. The van der Waals surface area contributed by atoms with Gasteiger partial charge in [-0.2, -0.15) is 0 Å². The van der Waals surface area contributed by atoms with E-state index in [0.29, 0.717) is 6.61 Å². The molecule has 0 spiro atoms. The van der Waals surface area contributed by atoms with Gasteiger partial charge in [-0.15, -0.1) is 11.3 Å². The molecule has 0 N–H and O–H groups in total. The van der Waals surface area contributed by atoms with Crippen LogP contribution in [0.25, 0.3) is 0 Å². The molecule has 0 amide bonds. The van der Waals surface area contributed by atoms with Gasteiger partial charge in [-0.3, -0.25) is 4.79 Å². The van der Waals surface area contributed by atoms with E-state index in [-0.39, 0.29) is 12.4 Å². The summed E-state index contributed by atoms with van der Waals surface area (Å²) in [5.41, 5.74) is 2.02. The van der Waals surface area contributed by atoms with E-state index in [1.807, 2.05) is 23.6 Å². The number of rotatable bonds is 6. The first-order chi connectivity index (χ1) is 9.69. The molecule has 0 saturated heterocycles. The van der Waals surface area contributed by atoms with Gasteiger partial charge < -0.3 is 4.74 Å². The number of hydrogen-bond donors (Lipinski definition) is 0. The van der Waals surface area contributed by atoms with E-state index in [2.05, 4.69) is 27.0 Å². The summed E-state index contributed by atoms with van der Waals surface area (Å²) < 4.78 is 6.99. The molecule has 1 heterocycles. The first kappa shape index (κ1) is 15.5. The SMILES string of the molecule is CCOC(=O)Cc1csc(SCc2ccccc2Br)n1. The fourth-order valence-electron chi connectivity index (χ4n) is 1.55. The lowest BCUT2D eigenvalue weighted by molar-refractivity contribution is -0.142. The highest BCUT2D eigenvalue weighted by molar-refractivity contribution is 9.10. The van der Waals surface area contributed by atoms with Gasteiger partial charge in [-0.25, -0.2) is 4.98 Å². The molecule has 2 aromatic rings. The molecule has 1 aromatic carbocycles. The lowest BCUT2D eigenvalue weighted by Crippen LogP contribution is -2.07. The molecule has 6 heteroatoms. The van der Waals surface area contributed by atoms with Crippen LogP contribution in [-0.2, 0) is 21.7 Å². The molecule has 0 aliphatic rings. The van der Waals surface area contributed by atoms with Crippen molar-refractivity contribution in [3.8, 4) is 0 Å². The minimum absolute atomic E-state index is 0.222. The predicted octanol–water partition coefficient (Wildman–Crippen LogP) is 4.30. The molecule has 1 aromatic heterocycles. The number of thioether (sulfide) groups is 1. The Hall–Kier alpha value is -0.850. The number of ether oxygens (including phenoxy) is 1. The van der Waals surface area contributed by atoms with Crippen LogP contribution in [0.3, 0.4) is 0 Å². The summed E-state index contributed by atoms with van der Waals surface area (Å²) in [6.07, 6.45) is 0.250. The van der Waals surface area contributed by atoms with Crippen LogP contribution in [0.5, 0.6) is 0 Å². The Morgan fingerprint density at radius 3 is 3.00 bits per heavy atom. The van der Waals surface area contributed by atoms with Crippen molar-refractivity contribution in [3.05, 3.63) is 45.4 Å². The third kappa shape index (κ3) is 4.61. The summed E-state index contributed by atoms with van der Waals surface area (Å²) in [4.78, 5) is 15.8. The normalized spacial score (nSPS) is 10.5. The van der Waals surface area contributed by atoms with Crippen LogP contribution in [0.4, 0.5) is 0 Å². The van der Waals surface area contributed by atoms with Crippen LogP contribution in [0, 0.1) is 0 Å². The Balaban J connectivity index is 1.90. The number of halogens is 1. The number of thiazole rings is 1. The van der Waals surface area contributed by atoms with Gasteiger partial charge in [-0.05, 0) is 18.6 Å². The summed E-state index contributed by atoms with van der Waals surface area (Å²) in [6, 6.07) is 8.14. The Bertz CT molecular complexity index is 586. The number of carbonyl (C=O) groups is 1. The highest BCUT2D eigenvalue weighted by Crippen LogP contribution is 2.29. The van der Waals surface area contributed by atoms with Crippen LogP contribution in [-0.4, -0.2) is 17.6 Å². The molecule has 0 aliphatic carbocycles. The number of aromatic nitrogens is 1.